The molecule has 1 atom stereocenters. The smallest absolute Gasteiger partial charge is 0.0944 e. The van der Waals surface area contributed by atoms with Crippen molar-refractivity contribution in [1.29, 1.82) is 0 Å². The standard InChI is InChI=1S/C17H25N3S/c1-12-11-21-16(19-12)10-15(20-18)9-13-5-7-14(8-6-13)17(2,3)4/h5-8,11,15,20H,9-10,18H2,1-4H3. The SMILES string of the molecule is Cc1csc(CC(Cc2ccc(C(C)(C)C)cc2)NN)n1. The summed E-state index contributed by atoms with van der Waals surface area (Å²) in [5.74, 6) is 5.70. The fourth-order valence-electron chi connectivity index (χ4n) is 2.32. The van der Waals surface area contributed by atoms with Crippen LogP contribution in [0.3, 0.4) is 0 Å². The molecule has 1 aromatic carbocycles. The molecule has 1 unspecified atom stereocenters. The number of benzene rings is 1. The Morgan fingerprint density at radius 1 is 1.19 bits per heavy atom. The van der Waals surface area contributed by atoms with E-state index in [1.165, 1.54) is 11.1 Å². The van der Waals surface area contributed by atoms with Crippen molar-refractivity contribution >= 4 is 11.3 Å². The Kier molecular flexibility index (Phi) is 5.14. The monoisotopic (exact) mass is 303 g/mol. The molecular formula is C17H25N3S. The van der Waals surface area contributed by atoms with Crippen molar-refractivity contribution < 1.29 is 0 Å². The molecule has 2 rings (SSSR count). The van der Waals surface area contributed by atoms with Gasteiger partial charge in [-0.05, 0) is 29.9 Å². The lowest BCUT2D eigenvalue weighted by molar-refractivity contribution is 0.521. The first-order chi connectivity index (χ1) is 9.88. The minimum absolute atomic E-state index is 0.197. The van der Waals surface area contributed by atoms with E-state index < -0.39 is 0 Å². The van der Waals surface area contributed by atoms with Gasteiger partial charge in [0.1, 0.15) is 0 Å². The van der Waals surface area contributed by atoms with Gasteiger partial charge in [-0.15, -0.1) is 11.3 Å². The summed E-state index contributed by atoms with van der Waals surface area (Å²) in [5.41, 5.74) is 6.87. The van der Waals surface area contributed by atoms with Crippen molar-refractivity contribution in [2.45, 2.75) is 52.0 Å². The fraction of sp³-hybridized carbons (Fsp3) is 0.471. The van der Waals surface area contributed by atoms with Crippen LogP contribution in [0.15, 0.2) is 29.6 Å². The van der Waals surface area contributed by atoms with Crippen molar-refractivity contribution in [2.75, 3.05) is 0 Å². The molecule has 0 bridgehead atoms. The van der Waals surface area contributed by atoms with Gasteiger partial charge < -0.3 is 0 Å². The molecule has 2 aromatic rings. The summed E-state index contributed by atoms with van der Waals surface area (Å²) >= 11 is 1.70. The van der Waals surface area contributed by atoms with E-state index in [4.69, 9.17) is 5.84 Å². The maximum Gasteiger partial charge on any atom is 0.0944 e. The number of aryl methyl sites for hydroxylation is 1. The van der Waals surface area contributed by atoms with Gasteiger partial charge in [0.25, 0.3) is 0 Å². The molecule has 4 heteroatoms. The van der Waals surface area contributed by atoms with Gasteiger partial charge in [-0.2, -0.15) is 0 Å². The van der Waals surface area contributed by atoms with Crippen LogP contribution in [0.5, 0.6) is 0 Å². The number of rotatable bonds is 5. The summed E-state index contributed by atoms with van der Waals surface area (Å²) in [6.07, 6.45) is 1.79. The Bertz CT molecular complexity index is 566. The molecule has 114 valence electrons. The molecule has 21 heavy (non-hydrogen) atoms. The maximum absolute atomic E-state index is 5.70. The van der Waals surface area contributed by atoms with E-state index in [9.17, 15) is 0 Å². The number of hydrazine groups is 1. The zero-order chi connectivity index (χ0) is 15.5. The lowest BCUT2D eigenvalue weighted by Crippen LogP contribution is -2.38. The van der Waals surface area contributed by atoms with E-state index in [1.807, 2.05) is 6.92 Å². The first-order valence-electron chi connectivity index (χ1n) is 7.35. The van der Waals surface area contributed by atoms with E-state index in [0.29, 0.717) is 0 Å². The van der Waals surface area contributed by atoms with Crippen LogP contribution in [0.25, 0.3) is 0 Å². The van der Waals surface area contributed by atoms with Crippen LogP contribution in [0.1, 0.15) is 42.6 Å². The first kappa shape index (κ1) is 16.1. The summed E-state index contributed by atoms with van der Waals surface area (Å²) < 4.78 is 0. The van der Waals surface area contributed by atoms with Crippen LogP contribution in [0.4, 0.5) is 0 Å². The average molecular weight is 303 g/mol. The van der Waals surface area contributed by atoms with Gasteiger partial charge in [0.05, 0.1) is 5.01 Å². The van der Waals surface area contributed by atoms with Crippen LogP contribution in [0.2, 0.25) is 0 Å². The summed E-state index contributed by atoms with van der Waals surface area (Å²) in [7, 11) is 0. The summed E-state index contributed by atoms with van der Waals surface area (Å²) in [4.78, 5) is 4.51. The molecule has 0 amide bonds. The maximum atomic E-state index is 5.70. The molecule has 0 aliphatic rings. The van der Waals surface area contributed by atoms with Crippen LogP contribution in [0, 0.1) is 6.92 Å². The van der Waals surface area contributed by atoms with Crippen molar-refractivity contribution in [3.05, 3.63) is 51.5 Å². The normalized spacial score (nSPS) is 13.4. The van der Waals surface area contributed by atoms with Gasteiger partial charge >= 0.3 is 0 Å². The lowest BCUT2D eigenvalue weighted by atomic mass is 9.86. The minimum Gasteiger partial charge on any atom is -0.271 e. The lowest BCUT2D eigenvalue weighted by Gasteiger charge is -2.20. The molecule has 0 aliphatic heterocycles. The zero-order valence-corrected chi connectivity index (χ0v) is 14.1. The number of nitrogens with one attached hydrogen (secondary N) is 1. The van der Waals surface area contributed by atoms with Crippen molar-refractivity contribution in [3.8, 4) is 0 Å². The van der Waals surface area contributed by atoms with Crippen molar-refractivity contribution in [1.82, 2.24) is 10.4 Å². The largest absolute Gasteiger partial charge is 0.271 e. The van der Waals surface area contributed by atoms with Gasteiger partial charge in [-0.1, -0.05) is 45.0 Å². The highest BCUT2D eigenvalue weighted by atomic mass is 32.1. The molecule has 0 saturated carbocycles. The quantitative estimate of drug-likeness (QED) is 0.658. The fourth-order valence-corrected chi connectivity index (χ4v) is 3.18. The number of aromatic nitrogens is 1. The van der Waals surface area contributed by atoms with Crippen molar-refractivity contribution in [2.24, 2.45) is 5.84 Å². The molecular weight excluding hydrogens is 278 g/mol. The number of nitrogens with two attached hydrogens (primary N) is 1. The average Bonchev–Trinajstić information content (AvgIpc) is 2.83. The predicted octanol–water partition coefficient (Wildman–Crippen LogP) is 3.37. The summed E-state index contributed by atoms with van der Waals surface area (Å²) in [6.45, 7) is 8.72. The highest BCUT2D eigenvalue weighted by molar-refractivity contribution is 7.09. The zero-order valence-electron chi connectivity index (χ0n) is 13.3. The van der Waals surface area contributed by atoms with Gasteiger partial charge in [0.2, 0.25) is 0 Å². The Morgan fingerprint density at radius 3 is 2.33 bits per heavy atom. The molecule has 0 aliphatic carbocycles. The third-order valence-electron chi connectivity index (χ3n) is 3.63. The van der Waals surface area contributed by atoms with Crippen LogP contribution < -0.4 is 11.3 Å². The van der Waals surface area contributed by atoms with Gasteiger partial charge in [-0.25, -0.2) is 4.98 Å². The molecule has 3 nitrogen and oxygen atoms in total. The Balaban J connectivity index is 2.01. The van der Waals surface area contributed by atoms with Crippen LogP contribution in [-0.2, 0) is 18.3 Å². The minimum atomic E-state index is 0.197. The van der Waals surface area contributed by atoms with Crippen LogP contribution >= 0.6 is 11.3 Å². The second kappa shape index (κ2) is 6.69. The van der Waals surface area contributed by atoms with E-state index in [-0.39, 0.29) is 11.5 Å². The summed E-state index contributed by atoms with van der Waals surface area (Å²) in [6, 6.07) is 9.07. The highest BCUT2D eigenvalue weighted by Crippen LogP contribution is 2.22. The topological polar surface area (TPSA) is 50.9 Å². The molecule has 0 radical (unpaired) electrons. The number of hydrogen-bond acceptors (Lipinski definition) is 4. The third kappa shape index (κ3) is 4.63. The Morgan fingerprint density at radius 2 is 1.86 bits per heavy atom. The van der Waals surface area contributed by atoms with Crippen LogP contribution in [-0.4, -0.2) is 11.0 Å². The molecule has 0 spiro atoms. The number of thiazole rings is 1. The second-order valence-corrected chi connectivity index (χ2v) is 7.54. The summed E-state index contributed by atoms with van der Waals surface area (Å²) in [5, 5.41) is 3.22. The number of nitrogens with zero attached hydrogens (tertiary/aromatic N) is 1. The van der Waals surface area contributed by atoms with E-state index in [1.54, 1.807) is 11.3 Å². The molecule has 1 heterocycles. The molecule has 1 aromatic heterocycles. The number of hydrogen-bond donors (Lipinski definition) is 2. The van der Waals surface area contributed by atoms with Crippen molar-refractivity contribution in [3.63, 3.8) is 0 Å². The van der Waals surface area contributed by atoms with E-state index in [0.717, 1.165) is 23.5 Å². The highest BCUT2D eigenvalue weighted by Gasteiger charge is 2.14. The molecule has 0 fully saturated rings. The second-order valence-electron chi connectivity index (χ2n) is 6.60. The molecule has 3 N–H and O–H groups in total. The van der Waals surface area contributed by atoms with E-state index >= 15 is 0 Å². The van der Waals surface area contributed by atoms with Gasteiger partial charge in [0.15, 0.2) is 0 Å². The van der Waals surface area contributed by atoms with Gasteiger partial charge in [-0.3, -0.25) is 11.3 Å². The Labute approximate surface area is 131 Å². The molecule has 0 saturated heterocycles. The Hall–Kier alpha value is -1.23. The predicted molar refractivity (Wildman–Crippen MR) is 90.5 cm³/mol. The third-order valence-corrected chi connectivity index (χ3v) is 4.61. The van der Waals surface area contributed by atoms with E-state index in [2.05, 4.69) is 60.8 Å². The van der Waals surface area contributed by atoms with Gasteiger partial charge in [0, 0.05) is 23.5 Å². The first-order valence-corrected chi connectivity index (χ1v) is 8.23.